The molecular weight excluding hydrogens is 1210 g/mol. The smallest absolute Gasteiger partial charge is 0.462 e. The molecule has 0 radical (unpaired) electrons. The fraction of sp³-hybridized carbons (Fsp3) is 0.945. The van der Waals surface area contributed by atoms with E-state index in [0.717, 1.165) is 96.3 Å². The normalized spacial score (nSPS) is 13.9. The van der Waals surface area contributed by atoms with Gasteiger partial charge in [-0.25, -0.2) is 9.13 Å². The second kappa shape index (κ2) is 67.6. The van der Waals surface area contributed by atoms with E-state index < -0.39 is 97.5 Å². The van der Waals surface area contributed by atoms with Gasteiger partial charge in [0, 0.05) is 25.7 Å². The van der Waals surface area contributed by atoms with Crippen LogP contribution in [0.4, 0.5) is 0 Å². The molecule has 0 bridgehead atoms. The Kier molecular flexibility index (Phi) is 66.2. The lowest BCUT2D eigenvalue weighted by Gasteiger charge is -2.21. The SMILES string of the molecule is CCCCCCCCCCCCCCCCCCCCCC(=O)O[C@H](COC(=O)CCCCCCCCCCCCCCCCCC)COP(=O)(O)OC[C@@H](O)COP(=O)(O)OC[C@@H](COC(=O)CCCCCCCCCC)OC(=O)CCCCCCCCCCC. The van der Waals surface area contributed by atoms with Crippen molar-refractivity contribution < 1.29 is 80.2 Å². The number of carbonyl (C=O) groups is 4. The third-order valence-corrected chi connectivity index (χ3v) is 19.0. The molecule has 0 amide bonds. The van der Waals surface area contributed by atoms with E-state index in [4.69, 9.17) is 37.0 Å². The van der Waals surface area contributed by atoms with Crippen LogP contribution in [0, 0.1) is 0 Å². The van der Waals surface area contributed by atoms with Gasteiger partial charge in [0.2, 0.25) is 0 Å². The average molecular weight is 1350 g/mol. The van der Waals surface area contributed by atoms with Crippen LogP contribution in [-0.2, 0) is 65.4 Å². The molecule has 0 spiro atoms. The van der Waals surface area contributed by atoms with Crippen molar-refractivity contribution in [2.45, 2.75) is 406 Å². The number of phosphoric ester groups is 2. The lowest BCUT2D eigenvalue weighted by molar-refractivity contribution is -0.161. The van der Waals surface area contributed by atoms with Gasteiger partial charge in [-0.05, 0) is 25.7 Å². The summed E-state index contributed by atoms with van der Waals surface area (Å²) in [5, 5.41) is 10.6. The Labute approximate surface area is 562 Å². The summed E-state index contributed by atoms with van der Waals surface area (Å²) in [4.78, 5) is 72.5. The van der Waals surface area contributed by atoms with Crippen LogP contribution >= 0.6 is 15.6 Å². The van der Waals surface area contributed by atoms with E-state index in [-0.39, 0.29) is 25.7 Å². The van der Waals surface area contributed by atoms with Crippen LogP contribution in [0.3, 0.4) is 0 Å². The highest BCUT2D eigenvalue weighted by Gasteiger charge is 2.30. The standard InChI is InChI=1S/C73H142O17P2/c1-5-9-13-17-21-25-27-29-31-33-34-35-37-39-41-44-48-52-56-60-73(78)90-69(64-84-71(76)58-54-50-46-43-40-38-36-32-30-28-26-22-18-14-10-6-2)66-88-92(81,82)86-62-67(74)61-85-91(79,80)87-65-68(63-83-70(75)57-53-49-45-24-20-16-12-8-4)89-72(77)59-55-51-47-42-23-19-15-11-7-3/h67-69,74H,5-66H2,1-4H3,(H,79,80)(H,81,82)/t67-,68+,69+/m0/s1. The Bertz CT molecular complexity index is 1760. The van der Waals surface area contributed by atoms with Crippen LogP contribution in [0.5, 0.6) is 0 Å². The highest BCUT2D eigenvalue weighted by atomic mass is 31.2. The van der Waals surface area contributed by atoms with Gasteiger partial charge in [0.15, 0.2) is 12.2 Å². The van der Waals surface area contributed by atoms with Gasteiger partial charge < -0.3 is 33.8 Å². The van der Waals surface area contributed by atoms with E-state index in [2.05, 4.69) is 27.7 Å². The van der Waals surface area contributed by atoms with Crippen LogP contribution in [0.1, 0.15) is 387 Å². The molecule has 0 aliphatic carbocycles. The number of hydrogen-bond donors (Lipinski definition) is 3. The van der Waals surface area contributed by atoms with Crippen molar-refractivity contribution >= 4 is 39.5 Å². The summed E-state index contributed by atoms with van der Waals surface area (Å²) >= 11 is 0. The van der Waals surface area contributed by atoms with E-state index in [1.807, 2.05) is 0 Å². The number of esters is 4. The molecule has 17 nitrogen and oxygen atoms in total. The molecule has 0 saturated heterocycles. The summed E-state index contributed by atoms with van der Waals surface area (Å²) in [7, 11) is -9.90. The molecule has 92 heavy (non-hydrogen) atoms. The Hall–Kier alpha value is -1.94. The number of aliphatic hydroxyl groups excluding tert-OH is 1. The van der Waals surface area contributed by atoms with E-state index >= 15 is 0 Å². The molecule has 0 aromatic heterocycles. The van der Waals surface area contributed by atoms with Gasteiger partial charge in [-0.3, -0.25) is 37.3 Å². The fourth-order valence-corrected chi connectivity index (χ4v) is 12.8. The number of carbonyl (C=O) groups excluding carboxylic acids is 4. The zero-order valence-electron chi connectivity index (χ0n) is 59.5. The van der Waals surface area contributed by atoms with Crippen molar-refractivity contribution in [2.75, 3.05) is 39.6 Å². The minimum Gasteiger partial charge on any atom is -0.462 e. The van der Waals surface area contributed by atoms with Gasteiger partial charge >= 0.3 is 39.5 Å². The number of phosphoric acid groups is 2. The van der Waals surface area contributed by atoms with Crippen LogP contribution < -0.4 is 0 Å². The molecule has 19 heteroatoms. The summed E-state index contributed by atoms with van der Waals surface area (Å²) in [6, 6.07) is 0. The van der Waals surface area contributed by atoms with Gasteiger partial charge in [-0.1, -0.05) is 336 Å². The summed E-state index contributed by atoms with van der Waals surface area (Å²) < 4.78 is 68.3. The fourth-order valence-electron chi connectivity index (χ4n) is 11.2. The lowest BCUT2D eigenvalue weighted by Crippen LogP contribution is -2.30. The Balaban J connectivity index is 5.17. The van der Waals surface area contributed by atoms with Gasteiger partial charge in [0.25, 0.3) is 0 Å². The second-order valence-corrected chi connectivity index (χ2v) is 29.2. The number of aliphatic hydroxyl groups is 1. The van der Waals surface area contributed by atoms with Crippen molar-refractivity contribution in [2.24, 2.45) is 0 Å². The first-order chi connectivity index (χ1) is 44.7. The highest BCUT2D eigenvalue weighted by Crippen LogP contribution is 2.45. The van der Waals surface area contributed by atoms with Crippen molar-refractivity contribution in [1.29, 1.82) is 0 Å². The number of unbranched alkanes of at least 4 members (excludes halogenated alkanes) is 48. The predicted octanol–water partition coefficient (Wildman–Crippen LogP) is 21.4. The van der Waals surface area contributed by atoms with Gasteiger partial charge in [0.1, 0.15) is 19.3 Å². The molecule has 0 heterocycles. The average Bonchev–Trinajstić information content (AvgIpc) is 2.04. The lowest BCUT2D eigenvalue weighted by atomic mass is 10.0. The summed E-state index contributed by atoms with van der Waals surface area (Å²) in [5.74, 6) is -2.12. The number of hydrogen-bond acceptors (Lipinski definition) is 15. The molecule has 0 aliphatic rings. The molecular formula is C73H142O17P2. The monoisotopic (exact) mass is 1350 g/mol. The molecule has 546 valence electrons. The maximum absolute atomic E-state index is 13.1. The predicted molar refractivity (Wildman–Crippen MR) is 372 cm³/mol. The molecule has 0 fully saturated rings. The van der Waals surface area contributed by atoms with Crippen molar-refractivity contribution in [3.05, 3.63) is 0 Å². The third kappa shape index (κ3) is 66.7. The van der Waals surface area contributed by atoms with Crippen LogP contribution in [0.25, 0.3) is 0 Å². The third-order valence-electron chi connectivity index (χ3n) is 17.1. The zero-order valence-corrected chi connectivity index (χ0v) is 61.3. The van der Waals surface area contributed by atoms with Crippen molar-refractivity contribution in [3.8, 4) is 0 Å². The Morgan fingerprint density at radius 3 is 0.641 bits per heavy atom. The minimum atomic E-state index is -4.95. The van der Waals surface area contributed by atoms with Crippen LogP contribution in [-0.4, -0.2) is 96.7 Å². The topological polar surface area (TPSA) is 237 Å². The van der Waals surface area contributed by atoms with E-state index in [0.29, 0.717) is 25.7 Å². The van der Waals surface area contributed by atoms with Gasteiger partial charge in [-0.2, -0.15) is 0 Å². The summed E-state index contributed by atoms with van der Waals surface area (Å²) in [6.07, 6.45) is 57.0. The molecule has 0 aliphatic heterocycles. The number of ether oxygens (including phenoxy) is 4. The largest absolute Gasteiger partial charge is 0.472 e. The van der Waals surface area contributed by atoms with Crippen LogP contribution in [0.2, 0.25) is 0 Å². The maximum Gasteiger partial charge on any atom is 0.472 e. The van der Waals surface area contributed by atoms with E-state index in [1.54, 1.807) is 0 Å². The Morgan fingerprint density at radius 1 is 0.261 bits per heavy atom. The van der Waals surface area contributed by atoms with Crippen LogP contribution in [0.15, 0.2) is 0 Å². The summed E-state index contributed by atoms with van der Waals surface area (Å²) in [5.41, 5.74) is 0. The molecule has 3 N–H and O–H groups in total. The molecule has 0 aromatic rings. The highest BCUT2D eigenvalue weighted by molar-refractivity contribution is 7.47. The van der Waals surface area contributed by atoms with Gasteiger partial charge in [0.05, 0.1) is 26.4 Å². The first kappa shape index (κ1) is 90.1. The van der Waals surface area contributed by atoms with E-state index in [1.165, 1.54) is 212 Å². The molecule has 5 atom stereocenters. The maximum atomic E-state index is 13.1. The minimum absolute atomic E-state index is 0.106. The Morgan fingerprint density at radius 2 is 0.435 bits per heavy atom. The quantitative estimate of drug-likeness (QED) is 0.0222. The molecule has 0 saturated carbocycles. The molecule has 2 unspecified atom stereocenters. The van der Waals surface area contributed by atoms with Crippen molar-refractivity contribution in [1.82, 2.24) is 0 Å². The van der Waals surface area contributed by atoms with Gasteiger partial charge in [-0.15, -0.1) is 0 Å². The van der Waals surface area contributed by atoms with E-state index in [9.17, 15) is 43.2 Å². The first-order valence-electron chi connectivity index (χ1n) is 38.3. The van der Waals surface area contributed by atoms with Crippen molar-refractivity contribution in [3.63, 3.8) is 0 Å². The first-order valence-corrected chi connectivity index (χ1v) is 41.3. The zero-order chi connectivity index (χ0) is 67.5. The molecule has 0 aromatic carbocycles. The second-order valence-electron chi connectivity index (χ2n) is 26.3. The molecule has 0 rings (SSSR count). The summed E-state index contributed by atoms with van der Waals surface area (Å²) in [6.45, 7) is 4.92. The number of rotatable bonds is 74.